The summed E-state index contributed by atoms with van der Waals surface area (Å²) in [4.78, 5) is 1.47. The molecule has 5 rings (SSSR count). The number of nitrogens with zero attached hydrogens (tertiary/aromatic N) is 6. The summed E-state index contributed by atoms with van der Waals surface area (Å²) in [6.07, 6.45) is 0. The monoisotopic (exact) mass is 468 g/mol. The number of halogens is 2. The van der Waals surface area contributed by atoms with Crippen LogP contribution in [-0.4, -0.2) is 34.6 Å². The molecule has 9 heteroatoms. The third-order valence-corrected chi connectivity index (χ3v) is 5.40. The van der Waals surface area contributed by atoms with E-state index in [1.807, 2.05) is 49.4 Å². The topological polar surface area (TPSA) is 81.6 Å². The molecule has 0 unspecified atom stereocenters. The van der Waals surface area contributed by atoms with Gasteiger partial charge in [0.2, 0.25) is 0 Å². The Bertz CT molecular complexity index is 1420. The van der Waals surface area contributed by atoms with Crippen LogP contribution in [-0.2, 0) is 5.41 Å². The van der Waals surface area contributed by atoms with E-state index < -0.39 is 0 Å². The molecule has 1 N–H and O–H groups in total. The highest BCUT2D eigenvalue weighted by Gasteiger charge is 2.22. The Morgan fingerprint density at radius 1 is 0.906 bits per heavy atom. The van der Waals surface area contributed by atoms with Crippen molar-refractivity contribution >= 4 is 45.4 Å². The molecule has 0 spiro atoms. The molecule has 0 saturated heterocycles. The lowest BCUT2D eigenvalue weighted by molar-refractivity contribution is 0.440. The number of fused-ring (bicyclic) bond motifs is 2. The number of aromatic hydroxyl groups is 1. The van der Waals surface area contributed by atoms with Crippen molar-refractivity contribution in [1.82, 2.24) is 29.5 Å². The third-order valence-electron chi connectivity index (χ3n) is 4.91. The van der Waals surface area contributed by atoms with Crippen LogP contribution in [0.5, 0.6) is 5.75 Å². The second-order valence-corrected chi connectivity index (χ2v) is 9.25. The number of para-hydroxylation sites is 1. The molecule has 0 aliphatic carbocycles. The molecular weight excluding hydrogens is 447 g/mol. The fraction of sp³-hybridized carbons (Fsp3) is 0.217. The first-order valence-corrected chi connectivity index (χ1v) is 10.7. The highest BCUT2D eigenvalue weighted by Crippen LogP contribution is 2.36. The summed E-state index contributed by atoms with van der Waals surface area (Å²) in [6, 6.07) is 16.8. The van der Waals surface area contributed by atoms with E-state index in [1.165, 1.54) is 9.00 Å². The fourth-order valence-electron chi connectivity index (χ4n) is 3.32. The summed E-state index contributed by atoms with van der Waals surface area (Å²) in [5.74, 6) is 0.213. The summed E-state index contributed by atoms with van der Waals surface area (Å²) >= 11 is 11.6. The zero-order valence-electron chi connectivity index (χ0n) is 18.1. The van der Waals surface area contributed by atoms with Gasteiger partial charge in [-0.1, -0.05) is 50.6 Å². The number of benzene rings is 3. The second-order valence-electron chi connectivity index (χ2n) is 8.49. The molecule has 2 heterocycles. The average molecular weight is 469 g/mol. The molecule has 0 atom stereocenters. The number of aromatic nitrogens is 6. The van der Waals surface area contributed by atoms with Crippen molar-refractivity contribution in [1.29, 1.82) is 0 Å². The highest BCUT2D eigenvalue weighted by molar-refractivity contribution is 6.31. The van der Waals surface area contributed by atoms with Gasteiger partial charge in [0, 0.05) is 22.4 Å². The van der Waals surface area contributed by atoms with Crippen molar-refractivity contribution in [3.05, 3.63) is 70.7 Å². The number of phenolic OH excluding ortho intramolecular Hbond substituents is 1. The maximum absolute atomic E-state index is 10.7. The number of hydrogen-bond acceptors (Lipinski definition) is 5. The van der Waals surface area contributed by atoms with Crippen LogP contribution in [0.2, 0.25) is 5.02 Å². The summed E-state index contributed by atoms with van der Waals surface area (Å²) in [6.45, 7) is 8.20. The first kappa shape index (κ1) is 22.0. The summed E-state index contributed by atoms with van der Waals surface area (Å²) in [5.41, 5.74) is 5.44. The molecule has 2 aromatic heterocycles. The van der Waals surface area contributed by atoms with Gasteiger partial charge in [0.25, 0.3) is 0 Å². The SMILES string of the molecule is Cc1cc(-n2nc3ccc(Cl)cc3n2)c(O)c(C(C)(C)C)c1.Cln1nnc2ccccc21. The zero-order valence-corrected chi connectivity index (χ0v) is 19.6. The van der Waals surface area contributed by atoms with Crippen molar-refractivity contribution in [3.8, 4) is 11.4 Å². The van der Waals surface area contributed by atoms with Crippen molar-refractivity contribution < 1.29 is 5.11 Å². The largest absolute Gasteiger partial charge is 0.505 e. The Morgan fingerprint density at radius 3 is 2.34 bits per heavy atom. The van der Waals surface area contributed by atoms with Gasteiger partial charge >= 0.3 is 0 Å². The van der Waals surface area contributed by atoms with Crippen molar-refractivity contribution in [3.63, 3.8) is 0 Å². The van der Waals surface area contributed by atoms with Gasteiger partial charge in [-0.3, -0.25) is 0 Å². The van der Waals surface area contributed by atoms with Crippen molar-refractivity contribution in [2.24, 2.45) is 0 Å². The van der Waals surface area contributed by atoms with Crippen LogP contribution in [0.3, 0.4) is 0 Å². The van der Waals surface area contributed by atoms with Gasteiger partial charge in [0.05, 0.1) is 0 Å². The van der Waals surface area contributed by atoms with E-state index in [0.717, 1.165) is 27.7 Å². The Morgan fingerprint density at radius 2 is 1.62 bits per heavy atom. The standard InChI is InChI=1S/C17H18ClN3O.C6H4ClN3/c1-10-7-12(17(2,3)4)16(22)15(8-10)21-19-13-6-5-11(18)9-14(13)20-21;7-10-6-4-2-1-3-5(6)8-9-10/h5-9,22H,1-4H3;1-4H. The van der Waals surface area contributed by atoms with E-state index >= 15 is 0 Å². The molecule has 5 aromatic rings. The first-order chi connectivity index (χ1) is 15.1. The van der Waals surface area contributed by atoms with Crippen LogP contribution in [0.15, 0.2) is 54.6 Å². The summed E-state index contributed by atoms with van der Waals surface area (Å²) in [5, 5.41) is 27.6. The van der Waals surface area contributed by atoms with Crippen LogP contribution in [0.4, 0.5) is 0 Å². The lowest BCUT2D eigenvalue weighted by Crippen LogP contribution is -2.13. The first-order valence-electron chi connectivity index (χ1n) is 9.97. The van der Waals surface area contributed by atoms with Crippen LogP contribution in [0.25, 0.3) is 27.8 Å². The predicted molar refractivity (Wildman–Crippen MR) is 128 cm³/mol. The van der Waals surface area contributed by atoms with E-state index in [2.05, 4.69) is 41.3 Å². The number of hydrogen-bond donors (Lipinski definition) is 1. The summed E-state index contributed by atoms with van der Waals surface area (Å²) in [7, 11) is 0. The molecule has 3 aromatic carbocycles. The normalized spacial score (nSPS) is 11.6. The molecule has 7 nitrogen and oxygen atoms in total. The van der Waals surface area contributed by atoms with Crippen LogP contribution >= 0.6 is 23.4 Å². The zero-order chi connectivity index (χ0) is 23.0. The van der Waals surface area contributed by atoms with Gasteiger partial charge in [0.15, 0.2) is 0 Å². The fourth-order valence-corrected chi connectivity index (χ4v) is 3.66. The van der Waals surface area contributed by atoms with Gasteiger partial charge < -0.3 is 5.11 Å². The molecular formula is C23H22Cl2N6O. The molecule has 0 aliphatic heterocycles. The molecule has 0 aliphatic rings. The molecule has 0 bridgehead atoms. The van der Waals surface area contributed by atoms with Gasteiger partial charge in [-0.15, -0.1) is 20.1 Å². The number of phenols is 1. The maximum atomic E-state index is 10.7. The lowest BCUT2D eigenvalue weighted by atomic mass is 9.85. The molecule has 32 heavy (non-hydrogen) atoms. The smallest absolute Gasteiger partial charge is 0.146 e. The average Bonchev–Trinajstić information content (AvgIpc) is 3.32. The summed E-state index contributed by atoms with van der Waals surface area (Å²) < 4.78 is 1.23. The van der Waals surface area contributed by atoms with E-state index in [9.17, 15) is 5.11 Å². The van der Waals surface area contributed by atoms with Crippen LogP contribution < -0.4 is 0 Å². The van der Waals surface area contributed by atoms with E-state index in [-0.39, 0.29) is 11.2 Å². The van der Waals surface area contributed by atoms with Gasteiger partial charge in [-0.05, 0) is 59.5 Å². The highest BCUT2D eigenvalue weighted by atomic mass is 35.5. The maximum Gasteiger partial charge on any atom is 0.146 e. The molecule has 0 saturated carbocycles. The van der Waals surface area contributed by atoms with Crippen LogP contribution in [0.1, 0.15) is 31.9 Å². The van der Waals surface area contributed by atoms with E-state index in [1.54, 1.807) is 12.1 Å². The van der Waals surface area contributed by atoms with Gasteiger partial charge in [-0.25, -0.2) is 0 Å². The minimum Gasteiger partial charge on any atom is -0.505 e. The molecule has 164 valence electrons. The number of rotatable bonds is 1. The second kappa shape index (κ2) is 8.41. The molecule has 0 fully saturated rings. The molecule has 0 radical (unpaired) electrons. The van der Waals surface area contributed by atoms with Crippen LogP contribution in [0, 0.1) is 6.92 Å². The Labute approximate surface area is 195 Å². The number of aryl methyl sites for hydroxylation is 1. The van der Waals surface area contributed by atoms with Gasteiger partial charge in [0.1, 0.15) is 33.5 Å². The van der Waals surface area contributed by atoms with E-state index in [0.29, 0.717) is 16.2 Å². The minimum atomic E-state index is -0.166. The van der Waals surface area contributed by atoms with E-state index in [4.69, 9.17) is 23.4 Å². The van der Waals surface area contributed by atoms with Crippen molar-refractivity contribution in [2.45, 2.75) is 33.1 Å². The minimum absolute atomic E-state index is 0.166. The quantitative estimate of drug-likeness (QED) is 0.335. The van der Waals surface area contributed by atoms with Crippen molar-refractivity contribution in [2.75, 3.05) is 0 Å². The Hall–Kier alpha value is -3.16. The lowest BCUT2D eigenvalue weighted by Gasteiger charge is -2.22. The third kappa shape index (κ3) is 4.40. The van der Waals surface area contributed by atoms with Gasteiger partial charge in [-0.2, -0.15) is 4.20 Å². The molecule has 0 amide bonds. The Kier molecular flexibility index (Phi) is 5.79. The Balaban J connectivity index is 0.000000203. The predicted octanol–water partition coefficient (Wildman–Crippen LogP) is 5.82.